The summed E-state index contributed by atoms with van der Waals surface area (Å²) < 4.78 is 0. The van der Waals surface area contributed by atoms with Crippen molar-refractivity contribution >= 4 is 5.97 Å². The molecule has 0 bridgehead atoms. The number of nitrogens with zero attached hydrogens (tertiary/aromatic N) is 1. The molecule has 16 heavy (non-hydrogen) atoms. The minimum atomic E-state index is -0.660. The lowest BCUT2D eigenvalue weighted by molar-refractivity contribution is -0.147. The molecule has 2 fully saturated rings. The Morgan fingerprint density at radius 2 is 2.38 bits per heavy atom. The first-order valence-corrected chi connectivity index (χ1v) is 6.40. The summed E-state index contributed by atoms with van der Waals surface area (Å²) in [5.41, 5.74) is -0.651. The lowest BCUT2D eigenvalue weighted by atomic mass is 9.83. The maximum Gasteiger partial charge on any atom is 0.324 e. The molecule has 0 spiro atoms. The second-order valence-electron chi connectivity index (χ2n) is 5.10. The van der Waals surface area contributed by atoms with E-state index in [9.17, 15) is 9.90 Å². The van der Waals surface area contributed by atoms with Crippen LogP contribution in [0.1, 0.15) is 39.0 Å². The van der Waals surface area contributed by atoms with Gasteiger partial charge in [0.15, 0.2) is 0 Å². The van der Waals surface area contributed by atoms with Gasteiger partial charge in [-0.05, 0) is 45.2 Å². The molecule has 0 aliphatic carbocycles. The molecule has 0 aromatic heterocycles. The molecule has 0 amide bonds. The van der Waals surface area contributed by atoms with Crippen LogP contribution < -0.4 is 5.32 Å². The number of carbonyl (C=O) groups is 1. The van der Waals surface area contributed by atoms with Crippen molar-refractivity contribution in [2.24, 2.45) is 0 Å². The van der Waals surface area contributed by atoms with Gasteiger partial charge < -0.3 is 15.3 Å². The van der Waals surface area contributed by atoms with Crippen LogP contribution in [0.25, 0.3) is 0 Å². The number of fused-ring (bicyclic) bond motifs is 1. The van der Waals surface area contributed by atoms with Crippen molar-refractivity contribution in [3.05, 3.63) is 0 Å². The molecule has 4 heteroatoms. The Morgan fingerprint density at radius 1 is 1.56 bits per heavy atom. The van der Waals surface area contributed by atoms with Gasteiger partial charge >= 0.3 is 5.97 Å². The number of nitrogens with one attached hydrogen (secondary N) is 1. The van der Waals surface area contributed by atoms with Gasteiger partial charge in [-0.3, -0.25) is 4.79 Å². The Morgan fingerprint density at radius 3 is 3.06 bits per heavy atom. The Balaban J connectivity index is 2.05. The van der Waals surface area contributed by atoms with Crippen molar-refractivity contribution in [1.29, 1.82) is 0 Å². The van der Waals surface area contributed by atoms with Crippen molar-refractivity contribution in [2.75, 3.05) is 19.6 Å². The third kappa shape index (κ3) is 2.09. The van der Waals surface area contributed by atoms with Crippen LogP contribution in [0.5, 0.6) is 0 Å². The van der Waals surface area contributed by atoms with Crippen LogP contribution in [-0.2, 0) is 4.79 Å². The van der Waals surface area contributed by atoms with Gasteiger partial charge in [-0.15, -0.1) is 0 Å². The van der Waals surface area contributed by atoms with E-state index in [0.29, 0.717) is 6.04 Å². The van der Waals surface area contributed by atoms with E-state index < -0.39 is 11.5 Å². The summed E-state index contributed by atoms with van der Waals surface area (Å²) in [6.45, 7) is 4.98. The highest BCUT2D eigenvalue weighted by molar-refractivity contribution is 5.79. The first-order chi connectivity index (χ1) is 7.68. The zero-order valence-electron chi connectivity index (χ0n) is 10.0. The van der Waals surface area contributed by atoms with Crippen molar-refractivity contribution in [3.63, 3.8) is 0 Å². The molecule has 2 aliphatic heterocycles. The average molecular weight is 226 g/mol. The smallest absolute Gasteiger partial charge is 0.324 e. The van der Waals surface area contributed by atoms with Gasteiger partial charge in [-0.2, -0.15) is 0 Å². The molecular formula is C12H22N2O2. The van der Waals surface area contributed by atoms with Gasteiger partial charge in [-0.25, -0.2) is 0 Å². The SMILES string of the molecule is CCCNC1(C(=O)O)CCN2CCCC2C1. The first-order valence-electron chi connectivity index (χ1n) is 6.40. The van der Waals surface area contributed by atoms with Crippen LogP contribution >= 0.6 is 0 Å². The first kappa shape index (κ1) is 11.9. The monoisotopic (exact) mass is 226 g/mol. The van der Waals surface area contributed by atoms with Gasteiger partial charge in [0.25, 0.3) is 0 Å². The van der Waals surface area contributed by atoms with Gasteiger partial charge in [-0.1, -0.05) is 6.92 Å². The molecule has 0 radical (unpaired) electrons. The molecule has 2 atom stereocenters. The summed E-state index contributed by atoms with van der Waals surface area (Å²) in [4.78, 5) is 13.9. The summed E-state index contributed by atoms with van der Waals surface area (Å²) in [7, 11) is 0. The zero-order valence-corrected chi connectivity index (χ0v) is 10.0. The van der Waals surface area contributed by atoms with Crippen LogP contribution in [0.4, 0.5) is 0 Å². The number of hydrogen-bond donors (Lipinski definition) is 2. The van der Waals surface area contributed by atoms with Gasteiger partial charge in [0.2, 0.25) is 0 Å². The third-order valence-corrected chi connectivity index (χ3v) is 4.03. The number of carboxylic acids is 1. The minimum absolute atomic E-state index is 0.495. The summed E-state index contributed by atoms with van der Waals surface area (Å²) in [5, 5.41) is 12.7. The lowest BCUT2D eigenvalue weighted by Crippen LogP contribution is -2.60. The molecule has 2 heterocycles. The average Bonchev–Trinajstić information content (AvgIpc) is 2.72. The normalized spacial score (nSPS) is 34.9. The van der Waals surface area contributed by atoms with Gasteiger partial charge in [0, 0.05) is 12.6 Å². The van der Waals surface area contributed by atoms with E-state index in [-0.39, 0.29) is 0 Å². The maximum atomic E-state index is 11.5. The predicted molar refractivity (Wildman–Crippen MR) is 62.5 cm³/mol. The number of rotatable bonds is 4. The van der Waals surface area contributed by atoms with Crippen molar-refractivity contribution in [2.45, 2.75) is 50.6 Å². The minimum Gasteiger partial charge on any atom is -0.480 e. The highest BCUT2D eigenvalue weighted by atomic mass is 16.4. The molecule has 2 aliphatic rings. The molecule has 2 N–H and O–H groups in total. The fourth-order valence-electron chi connectivity index (χ4n) is 3.05. The summed E-state index contributed by atoms with van der Waals surface area (Å²) in [5.74, 6) is -0.660. The Bertz CT molecular complexity index is 270. The molecule has 0 aromatic rings. The van der Waals surface area contributed by atoms with E-state index in [1.54, 1.807) is 0 Å². The molecule has 92 valence electrons. The molecule has 2 unspecified atom stereocenters. The molecule has 2 rings (SSSR count). The zero-order chi connectivity index (χ0) is 11.6. The highest BCUT2D eigenvalue weighted by Gasteiger charge is 2.46. The Kier molecular flexibility index (Phi) is 3.50. The van der Waals surface area contributed by atoms with E-state index >= 15 is 0 Å². The molecular weight excluding hydrogens is 204 g/mol. The van der Waals surface area contributed by atoms with Crippen LogP contribution in [0.15, 0.2) is 0 Å². The summed E-state index contributed by atoms with van der Waals surface area (Å²) in [6.07, 6.45) is 4.92. The fraction of sp³-hybridized carbons (Fsp3) is 0.917. The lowest BCUT2D eigenvalue weighted by Gasteiger charge is -2.42. The second kappa shape index (κ2) is 4.72. The van der Waals surface area contributed by atoms with E-state index in [1.165, 1.54) is 12.8 Å². The van der Waals surface area contributed by atoms with Gasteiger partial charge in [0.1, 0.15) is 5.54 Å². The molecule has 0 saturated carbocycles. The molecule has 2 saturated heterocycles. The molecule has 4 nitrogen and oxygen atoms in total. The maximum absolute atomic E-state index is 11.5. The fourth-order valence-corrected chi connectivity index (χ4v) is 3.05. The van der Waals surface area contributed by atoms with E-state index in [1.807, 2.05) is 0 Å². The van der Waals surface area contributed by atoms with Gasteiger partial charge in [0.05, 0.1) is 0 Å². The van der Waals surface area contributed by atoms with Crippen LogP contribution in [0, 0.1) is 0 Å². The number of aliphatic carboxylic acids is 1. The summed E-state index contributed by atoms with van der Waals surface area (Å²) in [6, 6.07) is 0.495. The predicted octanol–water partition coefficient (Wildman–Crippen LogP) is 1.07. The number of carboxylic acid groups (broad SMARTS) is 1. The topological polar surface area (TPSA) is 52.6 Å². The van der Waals surface area contributed by atoms with Crippen LogP contribution in [-0.4, -0.2) is 47.2 Å². The third-order valence-electron chi connectivity index (χ3n) is 4.03. The molecule has 0 aromatic carbocycles. The quantitative estimate of drug-likeness (QED) is 0.753. The van der Waals surface area contributed by atoms with E-state index in [0.717, 1.165) is 38.9 Å². The standard InChI is InChI=1S/C12H22N2O2/c1-2-6-13-12(11(15)16)5-8-14-7-3-4-10(14)9-12/h10,13H,2-9H2,1H3,(H,15,16). The Labute approximate surface area is 97.0 Å². The van der Waals surface area contributed by atoms with Crippen LogP contribution in [0.3, 0.4) is 0 Å². The van der Waals surface area contributed by atoms with Crippen molar-refractivity contribution in [3.8, 4) is 0 Å². The van der Waals surface area contributed by atoms with Crippen LogP contribution in [0.2, 0.25) is 0 Å². The van der Waals surface area contributed by atoms with E-state index in [4.69, 9.17) is 0 Å². The van der Waals surface area contributed by atoms with E-state index in [2.05, 4.69) is 17.1 Å². The Hall–Kier alpha value is -0.610. The van der Waals surface area contributed by atoms with Crippen molar-refractivity contribution < 1.29 is 9.90 Å². The second-order valence-corrected chi connectivity index (χ2v) is 5.10. The number of piperidine rings is 1. The summed E-state index contributed by atoms with van der Waals surface area (Å²) >= 11 is 0. The van der Waals surface area contributed by atoms with Crippen molar-refractivity contribution in [1.82, 2.24) is 10.2 Å². The number of hydrogen-bond acceptors (Lipinski definition) is 3. The largest absolute Gasteiger partial charge is 0.480 e. The highest BCUT2D eigenvalue weighted by Crippen LogP contribution is 2.33.